The summed E-state index contributed by atoms with van der Waals surface area (Å²) >= 11 is 6.05. The molecular formula is C15H12ClNO. The van der Waals surface area contributed by atoms with Crippen molar-refractivity contribution >= 4 is 11.6 Å². The highest BCUT2D eigenvalue weighted by Gasteiger charge is 2.05. The van der Waals surface area contributed by atoms with E-state index < -0.39 is 0 Å². The van der Waals surface area contributed by atoms with Gasteiger partial charge in [0.1, 0.15) is 17.6 Å². The molecule has 0 unspecified atom stereocenters. The van der Waals surface area contributed by atoms with E-state index in [9.17, 15) is 0 Å². The molecule has 18 heavy (non-hydrogen) atoms. The minimum atomic E-state index is 0.519. The van der Waals surface area contributed by atoms with Gasteiger partial charge in [-0.3, -0.25) is 0 Å². The summed E-state index contributed by atoms with van der Waals surface area (Å²) in [6.45, 7) is 2.04. The van der Waals surface area contributed by atoms with Crippen LogP contribution in [0.3, 0.4) is 0 Å². The standard InChI is InChI=1S/C15H12ClNO/c1-2-11-9-13(7-8-14(11)16)18-15-6-4-3-5-12(15)10-17/h3-9H,2H2,1H3. The zero-order valence-electron chi connectivity index (χ0n) is 9.98. The van der Waals surface area contributed by atoms with Crippen molar-refractivity contribution in [3.05, 3.63) is 58.6 Å². The third-order valence-electron chi connectivity index (χ3n) is 2.63. The first kappa shape index (κ1) is 12.5. The van der Waals surface area contributed by atoms with Gasteiger partial charge in [0.25, 0.3) is 0 Å². The number of ether oxygens (including phenoxy) is 1. The van der Waals surface area contributed by atoms with Crippen LogP contribution >= 0.6 is 11.6 Å². The van der Waals surface area contributed by atoms with Gasteiger partial charge in [-0.05, 0) is 42.3 Å². The Hall–Kier alpha value is -1.98. The predicted molar refractivity (Wildman–Crippen MR) is 72.1 cm³/mol. The fourth-order valence-electron chi connectivity index (χ4n) is 1.66. The van der Waals surface area contributed by atoms with Gasteiger partial charge in [-0.15, -0.1) is 0 Å². The average Bonchev–Trinajstić information content (AvgIpc) is 2.41. The zero-order valence-corrected chi connectivity index (χ0v) is 10.7. The van der Waals surface area contributed by atoms with Crippen LogP contribution in [-0.4, -0.2) is 0 Å². The summed E-state index contributed by atoms with van der Waals surface area (Å²) in [5.41, 5.74) is 1.55. The first-order chi connectivity index (χ1) is 8.74. The Kier molecular flexibility index (Phi) is 3.86. The van der Waals surface area contributed by atoms with Crippen molar-refractivity contribution < 1.29 is 4.74 Å². The van der Waals surface area contributed by atoms with Crippen LogP contribution in [-0.2, 0) is 6.42 Å². The van der Waals surface area contributed by atoms with Crippen molar-refractivity contribution in [1.29, 1.82) is 5.26 Å². The molecule has 0 aliphatic rings. The highest BCUT2D eigenvalue weighted by Crippen LogP contribution is 2.28. The molecule has 2 aromatic carbocycles. The molecule has 0 aliphatic heterocycles. The van der Waals surface area contributed by atoms with Gasteiger partial charge in [0.15, 0.2) is 0 Å². The minimum Gasteiger partial charge on any atom is -0.456 e. The fourth-order valence-corrected chi connectivity index (χ4v) is 1.91. The van der Waals surface area contributed by atoms with Gasteiger partial charge in [-0.2, -0.15) is 5.26 Å². The highest BCUT2D eigenvalue weighted by atomic mass is 35.5. The Morgan fingerprint density at radius 1 is 1.22 bits per heavy atom. The molecule has 0 aliphatic carbocycles. The third kappa shape index (κ3) is 2.64. The summed E-state index contributed by atoms with van der Waals surface area (Å²) in [5, 5.41) is 9.72. The first-order valence-electron chi connectivity index (χ1n) is 5.70. The maximum atomic E-state index is 8.99. The zero-order chi connectivity index (χ0) is 13.0. The summed E-state index contributed by atoms with van der Waals surface area (Å²) in [6.07, 6.45) is 0.843. The number of hydrogen-bond donors (Lipinski definition) is 0. The number of benzene rings is 2. The van der Waals surface area contributed by atoms with Crippen molar-refractivity contribution in [2.24, 2.45) is 0 Å². The van der Waals surface area contributed by atoms with Gasteiger partial charge in [0.2, 0.25) is 0 Å². The summed E-state index contributed by atoms with van der Waals surface area (Å²) in [7, 11) is 0. The van der Waals surface area contributed by atoms with E-state index in [4.69, 9.17) is 21.6 Å². The lowest BCUT2D eigenvalue weighted by molar-refractivity contribution is 0.480. The van der Waals surface area contributed by atoms with E-state index in [1.807, 2.05) is 31.2 Å². The third-order valence-corrected chi connectivity index (χ3v) is 3.00. The van der Waals surface area contributed by atoms with Crippen molar-refractivity contribution in [2.45, 2.75) is 13.3 Å². The molecule has 0 saturated carbocycles. The van der Waals surface area contributed by atoms with Crippen molar-refractivity contribution in [1.82, 2.24) is 0 Å². The highest BCUT2D eigenvalue weighted by molar-refractivity contribution is 6.31. The number of rotatable bonds is 3. The Bertz CT molecular complexity index is 602. The van der Waals surface area contributed by atoms with E-state index in [0.29, 0.717) is 17.1 Å². The van der Waals surface area contributed by atoms with E-state index in [0.717, 1.165) is 17.0 Å². The van der Waals surface area contributed by atoms with Crippen LogP contribution in [0.1, 0.15) is 18.1 Å². The van der Waals surface area contributed by atoms with Crippen LogP contribution in [0, 0.1) is 11.3 Å². The van der Waals surface area contributed by atoms with E-state index in [1.165, 1.54) is 0 Å². The molecule has 2 aromatic rings. The predicted octanol–water partition coefficient (Wildman–Crippen LogP) is 4.57. The van der Waals surface area contributed by atoms with Gasteiger partial charge < -0.3 is 4.74 Å². The molecule has 3 heteroatoms. The number of halogens is 1. The topological polar surface area (TPSA) is 33.0 Å². The maximum absolute atomic E-state index is 8.99. The van der Waals surface area contributed by atoms with E-state index in [2.05, 4.69) is 6.07 Å². The molecule has 0 saturated heterocycles. The molecule has 0 fully saturated rings. The number of aryl methyl sites for hydroxylation is 1. The number of nitriles is 1. The Balaban J connectivity index is 2.32. The largest absolute Gasteiger partial charge is 0.456 e. The smallest absolute Gasteiger partial charge is 0.145 e. The quantitative estimate of drug-likeness (QED) is 0.807. The monoisotopic (exact) mass is 257 g/mol. The van der Waals surface area contributed by atoms with E-state index in [-0.39, 0.29) is 0 Å². The van der Waals surface area contributed by atoms with Crippen molar-refractivity contribution in [2.75, 3.05) is 0 Å². The second-order valence-corrected chi connectivity index (χ2v) is 4.22. The molecule has 0 bridgehead atoms. The minimum absolute atomic E-state index is 0.519. The molecule has 0 spiro atoms. The second kappa shape index (κ2) is 5.57. The Morgan fingerprint density at radius 2 is 2.00 bits per heavy atom. The molecule has 0 amide bonds. The SMILES string of the molecule is CCc1cc(Oc2ccccc2C#N)ccc1Cl. The van der Waals surface area contributed by atoms with Crippen molar-refractivity contribution in [3.63, 3.8) is 0 Å². The molecule has 0 N–H and O–H groups in total. The lowest BCUT2D eigenvalue weighted by atomic mass is 10.1. The molecule has 0 atom stereocenters. The van der Waals surface area contributed by atoms with E-state index >= 15 is 0 Å². The number of nitrogens with zero attached hydrogens (tertiary/aromatic N) is 1. The average molecular weight is 258 g/mol. The lowest BCUT2D eigenvalue weighted by Gasteiger charge is -2.09. The molecule has 2 nitrogen and oxygen atoms in total. The van der Waals surface area contributed by atoms with Crippen LogP contribution in [0.4, 0.5) is 0 Å². The maximum Gasteiger partial charge on any atom is 0.145 e. The van der Waals surface area contributed by atoms with Gasteiger partial charge in [0, 0.05) is 5.02 Å². The number of hydrogen-bond acceptors (Lipinski definition) is 2. The van der Waals surface area contributed by atoms with Gasteiger partial charge >= 0.3 is 0 Å². The molecule has 0 aromatic heterocycles. The lowest BCUT2D eigenvalue weighted by Crippen LogP contribution is -1.90. The van der Waals surface area contributed by atoms with Crippen LogP contribution in [0.2, 0.25) is 5.02 Å². The molecular weight excluding hydrogens is 246 g/mol. The van der Waals surface area contributed by atoms with Crippen LogP contribution < -0.4 is 4.74 Å². The van der Waals surface area contributed by atoms with Crippen LogP contribution in [0.5, 0.6) is 11.5 Å². The number of para-hydroxylation sites is 1. The summed E-state index contributed by atoms with van der Waals surface area (Å²) in [6, 6.07) is 14.8. The molecule has 0 heterocycles. The Morgan fingerprint density at radius 3 is 2.72 bits per heavy atom. The van der Waals surface area contributed by atoms with Crippen LogP contribution in [0.25, 0.3) is 0 Å². The summed E-state index contributed by atoms with van der Waals surface area (Å²) in [5.74, 6) is 1.25. The van der Waals surface area contributed by atoms with Crippen LogP contribution in [0.15, 0.2) is 42.5 Å². The Labute approximate surface area is 111 Å². The molecule has 2 rings (SSSR count). The summed E-state index contributed by atoms with van der Waals surface area (Å²) < 4.78 is 5.72. The molecule has 0 radical (unpaired) electrons. The fraction of sp³-hybridized carbons (Fsp3) is 0.133. The van der Waals surface area contributed by atoms with Gasteiger partial charge in [0.05, 0.1) is 5.56 Å². The van der Waals surface area contributed by atoms with E-state index in [1.54, 1.807) is 18.2 Å². The van der Waals surface area contributed by atoms with Gasteiger partial charge in [-0.25, -0.2) is 0 Å². The first-order valence-corrected chi connectivity index (χ1v) is 6.07. The van der Waals surface area contributed by atoms with Crippen molar-refractivity contribution in [3.8, 4) is 17.6 Å². The second-order valence-electron chi connectivity index (χ2n) is 3.82. The normalized spacial score (nSPS) is 9.83. The molecule has 90 valence electrons. The summed E-state index contributed by atoms with van der Waals surface area (Å²) in [4.78, 5) is 0. The van der Waals surface area contributed by atoms with Gasteiger partial charge in [-0.1, -0.05) is 30.7 Å².